The SMILES string of the molecule is CCCNc1nnc(C(=O)NCCN(C)C2CCCC2)s1. The van der Waals surface area contributed by atoms with Gasteiger partial charge in [0.2, 0.25) is 10.1 Å². The Bertz CT molecular complexity index is 444. The maximum absolute atomic E-state index is 12.0. The predicted molar refractivity (Wildman–Crippen MR) is 85.9 cm³/mol. The predicted octanol–water partition coefficient (Wildman–Crippen LogP) is 1.96. The lowest BCUT2D eigenvalue weighted by molar-refractivity contribution is 0.0946. The lowest BCUT2D eigenvalue weighted by Crippen LogP contribution is -2.37. The molecule has 0 radical (unpaired) electrons. The van der Waals surface area contributed by atoms with Gasteiger partial charge in [0.05, 0.1) is 0 Å². The number of amides is 1. The fourth-order valence-corrected chi connectivity index (χ4v) is 3.25. The van der Waals surface area contributed by atoms with Crippen molar-refractivity contribution < 1.29 is 4.79 Å². The minimum Gasteiger partial charge on any atom is -0.360 e. The highest BCUT2D eigenvalue weighted by molar-refractivity contribution is 7.17. The second-order valence-electron chi connectivity index (χ2n) is 5.51. The molecule has 2 N–H and O–H groups in total. The van der Waals surface area contributed by atoms with E-state index in [0.29, 0.717) is 22.7 Å². The van der Waals surface area contributed by atoms with E-state index in [1.54, 1.807) is 0 Å². The van der Waals surface area contributed by atoms with Gasteiger partial charge in [-0.05, 0) is 26.3 Å². The number of hydrogen-bond donors (Lipinski definition) is 2. The van der Waals surface area contributed by atoms with Crippen LogP contribution >= 0.6 is 11.3 Å². The number of carbonyl (C=O) groups excluding carboxylic acids is 1. The third kappa shape index (κ3) is 4.93. The second kappa shape index (κ2) is 8.29. The van der Waals surface area contributed by atoms with Gasteiger partial charge in [-0.2, -0.15) is 0 Å². The van der Waals surface area contributed by atoms with Crippen molar-refractivity contribution in [2.75, 3.05) is 32.0 Å². The average Bonchev–Trinajstić information content (AvgIpc) is 3.16. The van der Waals surface area contributed by atoms with Crippen LogP contribution in [0.1, 0.15) is 48.8 Å². The average molecular weight is 311 g/mol. The minimum atomic E-state index is -0.128. The molecular weight excluding hydrogens is 286 g/mol. The molecule has 0 atom stereocenters. The van der Waals surface area contributed by atoms with Gasteiger partial charge < -0.3 is 15.5 Å². The van der Waals surface area contributed by atoms with Crippen molar-refractivity contribution in [1.82, 2.24) is 20.4 Å². The summed E-state index contributed by atoms with van der Waals surface area (Å²) in [6.07, 6.45) is 6.26. The number of nitrogens with zero attached hydrogens (tertiary/aromatic N) is 3. The number of aromatic nitrogens is 2. The Labute approximate surface area is 130 Å². The largest absolute Gasteiger partial charge is 0.360 e. The van der Waals surface area contributed by atoms with E-state index in [9.17, 15) is 4.79 Å². The highest BCUT2D eigenvalue weighted by Crippen LogP contribution is 2.21. The maximum atomic E-state index is 12.0. The van der Waals surface area contributed by atoms with Crippen molar-refractivity contribution in [2.24, 2.45) is 0 Å². The van der Waals surface area contributed by atoms with Gasteiger partial charge in [-0.15, -0.1) is 10.2 Å². The molecule has 0 unspecified atom stereocenters. The number of likely N-dealkylation sites (N-methyl/N-ethyl adjacent to an activating group) is 1. The van der Waals surface area contributed by atoms with Crippen LogP contribution in [-0.4, -0.2) is 53.7 Å². The molecule has 21 heavy (non-hydrogen) atoms. The molecule has 1 saturated carbocycles. The Hall–Kier alpha value is -1.21. The van der Waals surface area contributed by atoms with E-state index in [-0.39, 0.29) is 5.91 Å². The molecule has 1 aromatic rings. The van der Waals surface area contributed by atoms with Crippen LogP contribution in [0.4, 0.5) is 5.13 Å². The van der Waals surface area contributed by atoms with Crippen LogP contribution in [0.15, 0.2) is 0 Å². The van der Waals surface area contributed by atoms with E-state index in [4.69, 9.17) is 0 Å². The van der Waals surface area contributed by atoms with E-state index < -0.39 is 0 Å². The van der Waals surface area contributed by atoms with E-state index >= 15 is 0 Å². The topological polar surface area (TPSA) is 70.1 Å². The molecule has 6 nitrogen and oxygen atoms in total. The minimum absolute atomic E-state index is 0.128. The van der Waals surface area contributed by atoms with Crippen LogP contribution in [0.2, 0.25) is 0 Å². The summed E-state index contributed by atoms with van der Waals surface area (Å²) >= 11 is 1.31. The van der Waals surface area contributed by atoms with Gasteiger partial charge >= 0.3 is 0 Å². The van der Waals surface area contributed by atoms with Gasteiger partial charge in [0, 0.05) is 25.7 Å². The van der Waals surface area contributed by atoms with Gasteiger partial charge in [-0.1, -0.05) is 31.1 Å². The van der Waals surface area contributed by atoms with Crippen molar-refractivity contribution in [3.63, 3.8) is 0 Å². The van der Waals surface area contributed by atoms with Crippen LogP contribution in [-0.2, 0) is 0 Å². The monoisotopic (exact) mass is 311 g/mol. The molecule has 0 saturated heterocycles. The van der Waals surface area contributed by atoms with E-state index in [2.05, 4.69) is 39.7 Å². The number of anilines is 1. The summed E-state index contributed by atoms with van der Waals surface area (Å²) in [6.45, 7) is 4.48. The first-order chi connectivity index (χ1) is 10.2. The summed E-state index contributed by atoms with van der Waals surface area (Å²) in [5.41, 5.74) is 0. The summed E-state index contributed by atoms with van der Waals surface area (Å²) in [5, 5.41) is 15.1. The Kier molecular flexibility index (Phi) is 6.38. The highest BCUT2D eigenvalue weighted by atomic mass is 32.1. The standard InChI is InChI=1S/C14H25N5OS/c1-3-8-16-14-18-17-13(21-14)12(20)15-9-10-19(2)11-6-4-5-7-11/h11H,3-10H2,1-2H3,(H,15,20)(H,16,18). The summed E-state index contributed by atoms with van der Waals surface area (Å²) in [7, 11) is 2.14. The van der Waals surface area contributed by atoms with Gasteiger partial charge in [0.1, 0.15) is 0 Å². The zero-order chi connectivity index (χ0) is 15.1. The normalized spacial score (nSPS) is 15.6. The van der Waals surface area contributed by atoms with Crippen LogP contribution in [0.25, 0.3) is 0 Å². The lowest BCUT2D eigenvalue weighted by Gasteiger charge is -2.23. The molecule has 1 aliphatic carbocycles. The molecule has 1 heterocycles. The third-order valence-corrected chi connectivity index (χ3v) is 4.72. The van der Waals surface area contributed by atoms with Crippen LogP contribution < -0.4 is 10.6 Å². The quantitative estimate of drug-likeness (QED) is 0.768. The molecule has 0 spiro atoms. The van der Waals surface area contributed by atoms with Crippen LogP contribution in [0, 0.1) is 0 Å². The first-order valence-electron chi connectivity index (χ1n) is 7.76. The number of hydrogen-bond acceptors (Lipinski definition) is 6. The highest BCUT2D eigenvalue weighted by Gasteiger charge is 2.19. The Balaban J connectivity index is 1.70. The molecule has 2 rings (SSSR count). The van der Waals surface area contributed by atoms with E-state index in [1.807, 2.05) is 0 Å². The van der Waals surface area contributed by atoms with Crippen molar-refractivity contribution >= 4 is 22.4 Å². The van der Waals surface area contributed by atoms with Gasteiger partial charge in [-0.3, -0.25) is 4.79 Å². The fraction of sp³-hybridized carbons (Fsp3) is 0.786. The van der Waals surface area contributed by atoms with E-state index in [1.165, 1.54) is 37.0 Å². The van der Waals surface area contributed by atoms with Crippen molar-refractivity contribution in [2.45, 2.75) is 45.1 Å². The molecule has 118 valence electrons. The first-order valence-corrected chi connectivity index (χ1v) is 8.58. The van der Waals surface area contributed by atoms with Crippen molar-refractivity contribution in [3.8, 4) is 0 Å². The molecular formula is C14H25N5OS. The molecule has 1 fully saturated rings. The van der Waals surface area contributed by atoms with Gasteiger partial charge in [-0.25, -0.2) is 0 Å². The lowest BCUT2D eigenvalue weighted by atomic mass is 10.2. The smallest absolute Gasteiger partial charge is 0.282 e. The Morgan fingerprint density at radius 1 is 1.33 bits per heavy atom. The molecule has 1 aromatic heterocycles. The molecule has 0 aliphatic heterocycles. The van der Waals surface area contributed by atoms with Gasteiger partial charge in [0.15, 0.2) is 0 Å². The summed E-state index contributed by atoms with van der Waals surface area (Å²) < 4.78 is 0. The third-order valence-electron chi connectivity index (χ3n) is 3.84. The van der Waals surface area contributed by atoms with Gasteiger partial charge in [0.25, 0.3) is 5.91 Å². The zero-order valence-corrected chi connectivity index (χ0v) is 13.7. The molecule has 1 aliphatic rings. The summed E-state index contributed by atoms with van der Waals surface area (Å²) in [4.78, 5) is 14.3. The first kappa shape index (κ1) is 16.2. The maximum Gasteiger partial charge on any atom is 0.282 e. The summed E-state index contributed by atoms with van der Waals surface area (Å²) in [6, 6.07) is 0.688. The second-order valence-corrected chi connectivity index (χ2v) is 6.49. The van der Waals surface area contributed by atoms with E-state index in [0.717, 1.165) is 19.5 Å². The number of nitrogens with one attached hydrogen (secondary N) is 2. The fourth-order valence-electron chi connectivity index (χ4n) is 2.57. The summed E-state index contributed by atoms with van der Waals surface area (Å²) in [5.74, 6) is -0.128. The van der Waals surface area contributed by atoms with Crippen molar-refractivity contribution in [1.29, 1.82) is 0 Å². The number of carbonyl (C=O) groups is 1. The molecule has 1 amide bonds. The Morgan fingerprint density at radius 2 is 2.10 bits per heavy atom. The van der Waals surface area contributed by atoms with Crippen molar-refractivity contribution in [3.05, 3.63) is 5.01 Å². The zero-order valence-electron chi connectivity index (χ0n) is 12.9. The van der Waals surface area contributed by atoms with Crippen LogP contribution in [0.5, 0.6) is 0 Å². The molecule has 0 aromatic carbocycles. The molecule has 7 heteroatoms. The number of rotatable bonds is 8. The van der Waals surface area contributed by atoms with Crippen LogP contribution in [0.3, 0.4) is 0 Å². The molecule has 0 bridgehead atoms. The Morgan fingerprint density at radius 3 is 2.81 bits per heavy atom.